The molecule has 0 heterocycles. The maximum absolute atomic E-state index is 11.5. The van der Waals surface area contributed by atoms with Crippen LogP contribution >= 0.6 is 0 Å². The van der Waals surface area contributed by atoms with Gasteiger partial charge in [-0.05, 0) is 19.9 Å². The first-order chi connectivity index (χ1) is 6.02. The number of hydrogen-bond acceptors (Lipinski definition) is 2. The van der Waals surface area contributed by atoms with Crippen molar-refractivity contribution in [1.82, 2.24) is 0 Å². The van der Waals surface area contributed by atoms with Crippen molar-refractivity contribution in [3.05, 3.63) is 11.6 Å². The predicted molar refractivity (Wildman–Crippen MR) is 45.9 cm³/mol. The first-order valence-electron chi connectivity index (χ1n) is 4.06. The number of alkyl halides is 2. The first-order valence-corrected chi connectivity index (χ1v) is 4.06. The number of halogens is 2. The standard InChI is InChI=1S/C9H14F2O2/c1-7(2)5-8(12)3-4-13-6-9(10)11/h5,9H,3-4,6H2,1-2H3. The lowest BCUT2D eigenvalue weighted by atomic mass is 10.2. The van der Waals surface area contributed by atoms with Crippen LogP contribution in [0.4, 0.5) is 8.78 Å². The second-order valence-electron chi connectivity index (χ2n) is 2.90. The van der Waals surface area contributed by atoms with Crippen LogP contribution < -0.4 is 0 Å². The van der Waals surface area contributed by atoms with Crippen LogP contribution in [0.3, 0.4) is 0 Å². The van der Waals surface area contributed by atoms with Crippen LogP contribution in [-0.4, -0.2) is 25.4 Å². The highest BCUT2D eigenvalue weighted by Gasteiger charge is 2.02. The molecule has 0 atom stereocenters. The van der Waals surface area contributed by atoms with E-state index in [4.69, 9.17) is 0 Å². The lowest BCUT2D eigenvalue weighted by Crippen LogP contribution is -2.08. The fraction of sp³-hybridized carbons (Fsp3) is 0.667. The highest BCUT2D eigenvalue weighted by atomic mass is 19.3. The molecule has 0 spiro atoms. The summed E-state index contributed by atoms with van der Waals surface area (Å²) in [6, 6.07) is 0. The van der Waals surface area contributed by atoms with Crippen molar-refractivity contribution in [3.63, 3.8) is 0 Å². The van der Waals surface area contributed by atoms with Gasteiger partial charge in [0.2, 0.25) is 0 Å². The molecule has 2 nitrogen and oxygen atoms in total. The van der Waals surface area contributed by atoms with Gasteiger partial charge < -0.3 is 4.74 Å². The molecule has 0 fully saturated rings. The van der Waals surface area contributed by atoms with E-state index >= 15 is 0 Å². The SMILES string of the molecule is CC(C)=CC(=O)CCOCC(F)F. The van der Waals surface area contributed by atoms with Crippen molar-refractivity contribution in [2.75, 3.05) is 13.2 Å². The Hall–Kier alpha value is -0.770. The Balaban J connectivity index is 3.44. The van der Waals surface area contributed by atoms with E-state index in [0.29, 0.717) is 0 Å². The van der Waals surface area contributed by atoms with Gasteiger partial charge in [-0.3, -0.25) is 4.79 Å². The highest BCUT2D eigenvalue weighted by Crippen LogP contribution is 1.96. The van der Waals surface area contributed by atoms with E-state index in [0.717, 1.165) is 5.57 Å². The summed E-state index contributed by atoms with van der Waals surface area (Å²) in [5, 5.41) is 0. The van der Waals surface area contributed by atoms with E-state index in [1.165, 1.54) is 6.08 Å². The van der Waals surface area contributed by atoms with Crippen molar-refractivity contribution < 1.29 is 18.3 Å². The molecular weight excluding hydrogens is 178 g/mol. The molecule has 0 radical (unpaired) electrons. The molecule has 0 rings (SSSR count). The summed E-state index contributed by atoms with van der Waals surface area (Å²) in [7, 11) is 0. The first kappa shape index (κ1) is 12.2. The number of carbonyl (C=O) groups is 1. The number of allylic oxidation sites excluding steroid dienone is 2. The summed E-state index contributed by atoms with van der Waals surface area (Å²) < 4.78 is 27.6. The number of hydrogen-bond donors (Lipinski definition) is 0. The van der Waals surface area contributed by atoms with E-state index in [2.05, 4.69) is 4.74 Å². The van der Waals surface area contributed by atoms with Gasteiger partial charge in [0, 0.05) is 6.42 Å². The zero-order chi connectivity index (χ0) is 10.3. The van der Waals surface area contributed by atoms with E-state index in [1.807, 2.05) is 0 Å². The third-order valence-corrected chi connectivity index (χ3v) is 1.19. The molecule has 76 valence electrons. The molecule has 0 saturated carbocycles. The van der Waals surface area contributed by atoms with Gasteiger partial charge >= 0.3 is 0 Å². The van der Waals surface area contributed by atoms with Crippen molar-refractivity contribution in [1.29, 1.82) is 0 Å². The molecular formula is C9H14F2O2. The third kappa shape index (κ3) is 9.14. The van der Waals surface area contributed by atoms with Gasteiger partial charge in [0.05, 0.1) is 6.61 Å². The van der Waals surface area contributed by atoms with Crippen LogP contribution in [0.25, 0.3) is 0 Å². The third-order valence-electron chi connectivity index (χ3n) is 1.19. The van der Waals surface area contributed by atoms with Gasteiger partial charge in [0.25, 0.3) is 6.43 Å². The van der Waals surface area contributed by atoms with Crippen LogP contribution in [0.5, 0.6) is 0 Å². The summed E-state index contributed by atoms with van der Waals surface area (Å²) in [6.45, 7) is 3.07. The van der Waals surface area contributed by atoms with Crippen LogP contribution in [0.1, 0.15) is 20.3 Å². The minimum Gasteiger partial charge on any atom is -0.375 e. The van der Waals surface area contributed by atoms with Crippen LogP contribution in [-0.2, 0) is 9.53 Å². The minimum atomic E-state index is -2.46. The predicted octanol–water partition coefficient (Wildman–Crippen LogP) is 2.19. The van der Waals surface area contributed by atoms with Gasteiger partial charge in [-0.15, -0.1) is 0 Å². The second-order valence-corrected chi connectivity index (χ2v) is 2.90. The Morgan fingerprint density at radius 2 is 2.08 bits per heavy atom. The van der Waals surface area contributed by atoms with Crippen molar-refractivity contribution in [3.8, 4) is 0 Å². The Morgan fingerprint density at radius 1 is 1.46 bits per heavy atom. The fourth-order valence-corrected chi connectivity index (χ4v) is 0.739. The molecule has 13 heavy (non-hydrogen) atoms. The molecule has 4 heteroatoms. The molecule has 0 aromatic heterocycles. The van der Waals surface area contributed by atoms with Crippen LogP contribution in [0, 0.1) is 0 Å². The molecule has 0 saturated heterocycles. The van der Waals surface area contributed by atoms with Gasteiger partial charge in [0.15, 0.2) is 5.78 Å². The summed E-state index contributed by atoms with van der Waals surface area (Å²) in [5.41, 5.74) is 0.902. The number of carbonyl (C=O) groups excluding carboxylic acids is 1. The Kier molecular flexibility index (Phi) is 6.32. The maximum atomic E-state index is 11.5. The smallest absolute Gasteiger partial charge is 0.261 e. The minimum absolute atomic E-state index is 0.0625. The molecule has 0 bridgehead atoms. The van der Waals surface area contributed by atoms with Crippen molar-refractivity contribution in [2.45, 2.75) is 26.7 Å². The summed E-state index contributed by atoms with van der Waals surface area (Å²) in [6.07, 6.45) is -0.817. The number of ether oxygens (including phenoxy) is 1. The Bertz CT molecular complexity index is 184. The Labute approximate surface area is 76.6 Å². The average molecular weight is 192 g/mol. The van der Waals surface area contributed by atoms with Gasteiger partial charge in [-0.25, -0.2) is 8.78 Å². The van der Waals surface area contributed by atoms with Crippen LogP contribution in [0.15, 0.2) is 11.6 Å². The molecule has 0 aromatic carbocycles. The summed E-state index contributed by atoms with van der Waals surface area (Å²) in [5.74, 6) is -0.0886. The average Bonchev–Trinajstić information content (AvgIpc) is 1.96. The van der Waals surface area contributed by atoms with E-state index in [-0.39, 0.29) is 18.8 Å². The van der Waals surface area contributed by atoms with Gasteiger partial charge in [-0.1, -0.05) is 5.57 Å². The van der Waals surface area contributed by atoms with Crippen LogP contribution in [0.2, 0.25) is 0 Å². The monoisotopic (exact) mass is 192 g/mol. The maximum Gasteiger partial charge on any atom is 0.261 e. The highest BCUT2D eigenvalue weighted by molar-refractivity contribution is 5.90. The fourth-order valence-electron chi connectivity index (χ4n) is 0.739. The van der Waals surface area contributed by atoms with E-state index in [9.17, 15) is 13.6 Å². The lowest BCUT2D eigenvalue weighted by Gasteiger charge is -2.00. The molecule has 0 aromatic rings. The largest absolute Gasteiger partial charge is 0.375 e. The molecule has 0 N–H and O–H groups in total. The molecule has 0 aliphatic heterocycles. The molecule has 0 aliphatic rings. The summed E-state index contributed by atoms with van der Waals surface area (Å²) in [4.78, 5) is 11.0. The van der Waals surface area contributed by atoms with Gasteiger partial charge in [0.1, 0.15) is 6.61 Å². The lowest BCUT2D eigenvalue weighted by molar-refractivity contribution is -0.116. The zero-order valence-electron chi connectivity index (χ0n) is 7.85. The van der Waals surface area contributed by atoms with Crippen molar-refractivity contribution >= 4 is 5.78 Å². The van der Waals surface area contributed by atoms with E-state index < -0.39 is 13.0 Å². The quantitative estimate of drug-likeness (QED) is 0.476. The number of ketones is 1. The second kappa shape index (κ2) is 6.71. The van der Waals surface area contributed by atoms with Gasteiger partial charge in [-0.2, -0.15) is 0 Å². The van der Waals surface area contributed by atoms with E-state index in [1.54, 1.807) is 13.8 Å². The Morgan fingerprint density at radius 3 is 2.54 bits per heavy atom. The molecule has 0 unspecified atom stereocenters. The molecule has 0 amide bonds. The summed E-state index contributed by atoms with van der Waals surface area (Å²) >= 11 is 0. The number of rotatable bonds is 6. The molecule has 0 aliphatic carbocycles. The zero-order valence-corrected chi connectivity index (χ0v) is 7.85. The normalized spacial score (nSPS) is 10.2. The topological polar surface area (TPSA) is 26.3 Å². The van der Waals surface area contributed by atoms with Crippen molar-refractivity contribution in [2.24, 2.45) is 0 Å².